The van der Waals surface area contributed by atoms with Gasteiger partial charge in [-0.3, -0.25) is 19.3 Å². The number of nitrogens with one attached hydrogen (secondary N) is 3. The standard InChI is InChI=1S/C37H52FN5O7/c1-35(2,3)22-39-32(46)37-18-24(37)14-10-8-7-9-11-16-28(40-33(47)50-36(4,5)6)31(45)43-20-25(17-29(43)30(44)41-37)49-34(48)42-19-23-13-12-15-27(38)26(23)21-42/h10,12-15,24-25,28-29H,7-9,11,16-22H2,1-6H3,(H,39,46)(H,40,47)(H,41,44)/b14-10-/t24-,25-,28+,29+,37-/m1/s1. The smallest absolute Gasteiger partial charge is 0.410 e. The average Bonchev–Trinajstić information content (AvgIpc) is 3.32. The lowest BCUT2D eigenvalue weighted by Crippen LogP contribution is -2.58. The van der Waals surface area contributed by atoms with Gasteiger partial charge in [-0.25, -0.2) is 14.0 Å². The molecule has 0 bridgehead atoms. The molecule has 5 amide bonds. The zero-order chi connectivity index (χ0) is 36.4. The van der Waals surface area contributed by atoms with E-state index < -0.39 is 59.1 Å². The third-order valence-corrected chi connectivity index (χ3v) is 9.57. The topological polar surface area (TPSA) is 146 Å². The molecule has 1 aromatic rings. The molecule has 1 aliphatic carbocycles. The molecule has 2 fully saturated rings. The van der Waals surface area contributed by atoms with Crippen molar-refractivity contribution < 1.29 is 37.8 Å². The van der Waals surface area contributed by atoms with Crippen molar-refractivity contribution in [1.29, 1.82) is 0 Å². The number of benzene rings is 1. The van der Waals surface area contributed by atoms with Gasteiger partial charge < -0.3 is 30.3 Å². The maximum atomic E-state index is 14.4. The van der Waals surface area contributed by atoms with Crippen molar-refractivity contribution in [2.24, 2.45) is 11.3 Å². The number of carbonyl (C=O) groups is 5. The van der Waals surface area contributed by atoms with Crippen LogP contribution < -0.4 is 16.0 Å². The van der Waals surface area contributed by atoms with Gasteiger partial charge in [0.05, 0.1) is 13.1 Å². The molecule has 1 saturated carbocycles. The van der Waals surface area contributed by atoms with Crippen molar-refractivity contribution in [1.82, 2.24) is 25.8 Å². The van der Waals surface area contributed by atoms with Crippen LogP contribution in [0, 0.1) is 17.2 Å². The maximum Gasteiger partial charge on any atom is 0.410 e. The Morgan fingerprint density at radius 1 is 1.06 bits per heavy atom. The number of ether oxygens (including phenoxy) is 2. The summed E-state index contributed by atoms with van der Waals surface area (Å²) < 4.78 is 25.7. The number of hydrogen-bond acceptors (Lipinski definition) is 7. The summed E-state index contributed by atoms with van der Waals surface area (Å²) >= 11 is 0. The van der Waals surface area contributed by atoms with Gasteiger partial charge in [0.25, 0.3) is 0 Å². The lowest BCUT2D eigenvalue weighted by molar-refractivity contribution is -0.141. The summed E-state index contributed by atoms with van der Waals surface area (Å²) in [6.45, 7) is 11.7. The number of hydrogen-bond donors (Lipinski definition) is 3. The van der Waals surface area contributed by atoms with Gasteiger partial charge in [-0.15, -0.1) is 0 Å². The van der Waals surface area contributed by atoms with E-state index in [1.54, 1.807) is 32.9 Å². The Morgan fingerprint density at radius 2 is 1.82 bits per heavy atom. The van der Waals surface area contributed by atoms with E-state index in [1.807, 2.05) is 32.9 Å². The summed E-state index contributed by atoms with van der Waals surface area (Å²) in [5.74, 6) is -1.94. The number of carbonyl (C=O) groups excluding carboxylic acids is 5. The average molecular weight is 698 g/mol. The molecule has 3 aliphatic heterocycles. The van der Waals surface area contributed by atoms with Crippen molar-refractivity contribution in [3.8, 4) is 0 Å². The van der Waals surface area contributed by atoms with Crippen LogP contribution in [0.4, 0.5) is 14.0 Å². The molecule has 4 aliphatic rings. The van der Waals surface area contributed by atoms with Crippen LogP contribution in [0.3, 0.4) is 0 Å². The second kappa shape index (κ2) is 14.6. The molecule has 3 heterocycles. The Morgan fingerprint density at radius 3 is 2.52 bits per heavy atom. The normalized spacial score (nSPS) is 27.8. The minimum absolute atomic E-state index is 0.0161. The maximum absolute atomic E-state index is 14.4. The molecule has 0 aromatic heterocycles. The summed E-state index contributed by atoms with van der Waals surface area (Å²) in [6.07, 6.45) is 5.50. The minimum atomic E-state index is -1.18. The Bertz CT molecular complexity index is 1520. The molecule has 0 unspecified atom stereocenters. The van der Waals surface area contributed by atoms with Gasteiger partial charge >= 0.3 is 12.2 Å². The van der Waals surface area contributed by atoms with Crippen LogP contribution in [-0.2, 0) is 36.9 Å². The molecule has 5 atom stereocenters. The predicted molar refractivity (Wildman–Crippen MR) is 183 cm³/mol. The first-order valence-electron chi connectivity index (χ1n) is 17.7. The van der Waals surface area contributed by atoms with Crippen molar-refractivity contribution >= 4 is 29.9 Å². The molecule has 1 saturated heterocycles. The van der Waals surface area contributed by atoms with Crippen molar-refractivity contribution in [2.45, 2.75) is 129 Å². The van der Waals surface area contributed by atoms with Crippen LogP contribution in [-0.4, -0.2) is 82.1 Å². The third kappa shape index (κ3) is 8.95. The second-order valence-electron chi connectivity index (χ2n) is 16.3. The molecule has 1 aromatic carbocycles. The van der Waals surface area contributed by atoms with Gasteiger partial charge in [0.2, 0.25) is 17.7 Å². The first-order valence-corrected chi connectivity index (χ1v) is 17.7. The van der Waals surface area contributed by atoms with E-state index in [2.05, 4.69) is 16.0 Å². The molecular weight excluding hydrogens is 645 g/mol. The van der Waals surface area contributed by atoms with E-state index in [-0.39, 0.29) is 43.3 Å². The largest absolute Gasteiger partial charge is 0.444 e. The van der Waals surface area contributed by atoms with Gasteiger partial charge in [-0.2, -0.15) is 0 Å². The number of amides is 5. The summed E-state index contributed by atoms with van der Waals surface area (Å²) in [5.41, 5.74) is -1.04. The SMILES string of the molecule is CC(C)(C)CNC(=O)[C@@]12C[C@H]1/C=C\CCCCC[C@H](NC(=O)OC(C)(C)C)C(=O)N1C[C@H](OC(=O)N3Cc4cccc(F)c4C3)C[C@H]1C(=O)N2. The lowest BCUT2D eigenvalue weighted by atomic mass is 9.96. The van der Waals surface area contributed by atoms with Gasteiger partial charge in [0.1, 0.15) is 35.1 Å². The molecule has 50 heavy (non-hydrogen) atoms. The van der Waals surface area contributed by atoms with Crippen molar-refractivity contribution in [3.63, 3.8) is 0 Å². The molecule has 13 heteroatoms. The van der Waals surface area contributed by atoms with E-state index >= 15 is 0 Å². The molecular formula is C37H52FN5O7. The zero-order valence-corrected chi connectivity index (χ0v) is 30.1. The van der Waals surface area contributed by atoms with Crippen molar-refractivity contribution in [3.05, 3.63) is 47.3 Å². The third-order valence-electron chi connectivity index (χ3n) is 9.57. The Hall–Kier alpha value is -4.16. The molecule has 274 valence electrons. The minimum Gasteiger partial charge on any atom is -0.444 e. The molecule has 12 nitrogen and oxygen atoms in total. The highest BCUT2D eigenvalue weighted by Crippen LogP contribution is 2.45. The monoisotopic (exact) mass is 697 g/mol. The number of rotatable bonds is 4. The van der Waals surface area contributed by atoms with Crippen LogP contribution in [0.1, 0.15) is 97.6 Å². The molecule has 0 radical (unpaired) electrons. The summed E-state index contributed by atoms with van der Waals surface area (Å²) in [7, 11) is 0. The second-order valence-corrected chi connectivity index (χ2v) is 16.3. The van der Waals surface area contributed by atoms with E-state index in [0.717, 1.165) is 19.3 Å². The van der Waals surface area contributed by atoms with Crippen LogP contribution >= 0.6 is 0 Å². The Balaban J connectivity index is 1.39. The Labute approximate surface area is 293 Å². The lowest BCUT2D eigenvalue weighted by Gasteiger charge is -2.30. The van der Waals surface area contributed by atoms with Crippen LogP contribution in [0.5, 0.6) is 0 Å². The van der Waals surface area contributed by atoms with E-state index in [0.29, 0.717) is 36.9 Å². The number of nitrogens with zero attached hydrogens (tertiary/aromatic N) is 2. The van der Waals surface area contributed by atoms with Gasteiger partial charge in [-0.05, 0) is 63.5 Å². The fraction of sp³-hybridized carbons (Fsp3) is 0.649. The first kappa shape index (κ1) is 37.1. The highest BCUT2D eigenvalue weighted by atomic mass is 19.1. The van der Waals surface area contributed by atoms with Crippen LogP contribution in [0.15, 0.2) is 30.4 Å². The fourth-order valence-corrected chi connectivity index (χ4v) is 6.85. The van der Waals surface area contributed by atoms with E-state index in [9.17, 15) is 28.4 Å². The van der Waals surface area contributed by atoms with Gasteiger partial charge in [0, 0.05) is 31.0 Å². The van der Waals surface area contributed by atoms with Crippen molar-refractivity contribution in [2.75, 3.05) is 13.1 Å². The molecule has 5 rings (SSSR count). The fourth-order valence-electron chi connectivity index (χ4n) is 6.85. The summed E-state index contributed by atoms with van der Waals surface area (Å²) in [6, 6.07) is 2.61. The highest BCUT2D eigenvalue weighted by molar-refractivity contribution is 5.98. The number of alkyl carbamates (subject to hydrolysis) is 1. The van der Waals surface area contributed by atoms with Crippen LogP contribution in [0.2, 0.25) is 0 Å². The molecule has 3 N–H and O–H groups in total. The van der Waals surface area contributed by atoms with Gasteiger partial charge in [-0.1, -0.05) is 57.9 Å². The molecule has 0 spiro atoms. The quantitative estimate of drug-likeness (QED) is 0.387. The summed E-state index contributed by atoms with van der Waals surface area (Å²) in [4.78, 5) is 71.1. The Kier molecular flexibility index (Phi) is 10.8. The van der Waals surface area contributed by atoms with E-state index in [1.165, 1.54) is 15.9 Å². The highest BCUT2D eigenvalue weighted by Gasteiger charge is 2.61. The predicted octanol–water partition coefficient (Wildman–Crippen LogP) is 4.70. The first-order chi connectivity index (χ1) is 23.5. The van der Waals surface area contributed by atoms with E-state index in [4.69, 9.17) is 9.47 Å². The number of halogens is 1. The van der Waals surface area contributed by atoms with Gasteiger partial charge in [0.15, 0.2) is 0 Å². The summed E-state index contributed by atoms with van der Waals surface area (Å²) in [5, 5.41) is 8.72. The zero-order valence-electron chi connectivity index (χ0n) is 30.1. The van der Waals surface area contributed by atoms with Crippen LogP contribution in [0.25, 0.3) is 0 Å². The number of allylic oxidation sites excluding steroid dienone is 1. The number of fused-ring (bicyclic) bond motifs is 3.